The van der Waals surface area contributed by atoms with E-state index < -0.39 is 29.2 Å². The average molecular weight is 498 g/mol. The topological polar surface area (TPSA) is 130 Å². The third kappa shape index (κ3) is 4.08. The number of rotatable bonds is 7. The Hall–Kier alpha value is -3.31. The minimum atomic E-state index is -1.77. The number of nitrogens with one attached hydrogen (secondary N) is 3. The van der Waals surface area contributed by atoms with Gasteiger partial charge < -0.3 is 25.6 Å². The molecule has 3 atom stereocenters. The van der Waals surface area contributed by atoms with Crippen LogP contribution in [-0.4, -0.2) is 53.3 Å². The Morgan fingerprint density at radius 1 is 1.34 bits per heavy atom. The first kappa shape index (κ1) is 23.4. The Kier molecular flexibility index (Phi) is 6.06. The SMILES string of the molecule is CNC(=O)Nc1ccc2c(c1)C(CC(=O)N(Cc1cncs1)[C@@H](C)C1CC1)C(=O)C21OCNC1=O. The lowest BCUT2D eigenvalue weighted by atomic mass is 9.92. The van der Waals surface area contributed by atoms with Crippen LogP contribution in [0.3, 0.4) is 0 Å². The Morgan fingerprint density at radius 3 is 2.77 bits per heavy atom. The van der Waals surface area contributed by atoms with Crippen molar-refractivity contribution in [3.8, 4) is 0 Å². The Balaban J connectivity index is 1.48. The number of hydrogen-bond donors (Lipinski definition) is 3. The zero-order valence-corrected chi connectivity index (χ0v) is 20.3. The van der Waals surface area contributed by atoms with Crippen LogP contribution in [0.15, 0.2) is 29.9 Å². The monoisotopic (exact) mass is 497 g/mol. The van der Waals surface area contributed by atoms with Crippen LogP contribution in [-0.2, 0) is 31.3 Å². The molecule has 11 heteroatoms. The van der Waals surface area contributed by atoms with Crippen molar-refractivity contribution in [1.82, 2.24) is 20.5 Å². The molecule has 3 aliphatic rings. The summed E-state index contributed by atoms with van der Waals surface area (Å²) in [5, 5.41) is 7.76. The molecule has 2 aromatic rings. The van der Waals surface area contributed by atoms with E-state index in [0.717, 1.165) is 17.7 Å². The Labute approximate surface area is 206 Å². The van der Waals surface area contributed by atoms with Crippen LogP contribution < -0.4 is 16.0 Å². The normalized spacial score (nSPS) is 23.7. The highest BCUT2D eigenvalue weighted by atomic mass is 32.1. The largest absolute Gasteiger partial charge is 0.341 e. The van der Waals surface area contributed by atoms with E-state index in [0.29, 0.717) is 29.3 Å². The molecule has 184 valence electrons. The summed E-state index contributed by atoms with van der Waals surface area (Å²) in [6.07, 6.45) is 3.81. The predicted molar refractivity (Wildman–Crippen MR) is 128 cm³/mol. The van der Waals surface area contributed by atoms with Crippen molar-refractivity contribution in [1.29, 1.82) is 0 Å². The second-order valence-corrected chi connectivity index (χ2v) is 10.1. The van der Waals surface area contributed by atoms with Crippen molar-refractivity contribution in [3.63, 3.8) is 0 Å². The summed E-state index contributed by atoms with van der Waals surface area (Å²) in [4.78, 5) is 59.0. The first-order chi connectivity index (χ1) is 16.8. The molecule has 2 heterocycles. The summed E-state index contributed by atoms with van der Waals surface area (Å²) in [6.45, 7) is 2.38. The second kappa shape index (κ2) is 9.04. The van der Waals surface area contributed by atoms with Crippen molar-refractivity contribution >= 4 is 40.7 Å². The number of ether oxygens (including phenoxy) is 1. The zero-order valence-electron chi connectivity index (χ0n) is 19.5. The van der Waals surface area contributed by atoms with Crippen LogP contribution in [0, 0.1) is 5.92 Å². The number of carbonyl (C=O) groups excluding carboxylic acids is 4. The van der Waals surface area contributed by atoms with Crippen molar-refractivity contribution in [2.24, 2.45) is 5.92 Å². The van der Waals surface area contributed by atoms with Gasteiger partial charge in [0.15, 0.2) is 5.78 Å². The van der Waals surface area contributed by atoms with Gasteiger partial charge in [-0.1, -0.05) is 6.07 Å². The van der Waals surface area contributed by atoms with Crippen LogP contribution in [0.5, 0.6) is 0 Å². The van der Waals surface area contributed by atoms with Gasteiger partial charge in [-0.15, -0.1) is 11.3 Å². The van der Waals surface area contributed by atoms with E-state index in [-0.39, 0.29) is 25.1 Å². The van der Waals surface area contributed by atoms with Crippen LogP contribution in [0.1, 0.15) is 48.1 Å². The van der Waals surface area contributed by atoms with Gasteiger partial charge in [0.1, 0.15) is 6.73 Å². The van der Waals surface area contributed by atoms with Gasteiger partial charge in [0.2, 0.25) is 11.5 Å². The van der Waals surface area contributed by atoms with Gasteiger partial charge in [0.05, 0.1) is 18.0 Å². The fourth-order valence-electron chi connectivity index (χ4n) is 5.02. The molecule has 5 rings (SSSR count). The molecule has 2 aliphatic carbocycles. The van der Waals surface area contributed by atoms with Gasteiger partial charge in [-0.05, 0) is 43.4 Å². The molecule has 35 heavy (non-hydrogen) atoms. The molecular weight excluding hydrogens is 470 g/mol. The molecule has 2 fully saturated rings. The smallest absolute Gasteiger partial charge is 0.318 e. The first-order valence-electron chi connectivity index (χ1n) is 11.6. The van der Waals surface area contributed by atoms with E-state index in [1.165, 1.54) is 18.4 Å². The van der Waals surface area contributed by atoms with Crippen molar-refractivity contribution in [2.75, 3.05) is 19.1 Å². The lowest BCUT2D eigenvalue weighted by Crippen LogP contribution is -2.43. The molecule has 3 N–H and O–H groups in total. The number of Topliss-reactive ketones (excluding diaryl/α,β-unsaturated/α-hetero) is 1. The number of anilines is 1. The second-order valence-electron chi connectivity index (χ2n) is 9.17. The molecular formula is C24H27N5O5S. The Morgan fingerprint density at radius 2 is 2.14 bits per heavy atom. The van der Waals surface area contributed by atoms with Crippen molar-refractivity contribution in [2.45, 2.75) is 50.3 Å². The molecule has 0 bridgehead atoms. The van der Waals surface area contributed by atoms with Gasteiger partial charge in [-0.25, -0.2) is 4.79 Å². The number of benzene rings is 1. The van der Waals surface area contributed by atoms with Gasteiger partial charge in [0.25, 0.3) is 5.91 Å². The predicted octanol–water partition coefficient (Wildman–Crippen LogP) is 2.08. The minimum Gasteiger partial charge on any atom is -0.341 e. The molecule has 2 unspecified atom stereocenters. The fraction of sp³-hybridized carbons (Fsp3) is 0.458. The van der Waals surface area contributed by atoms with Crippen molar-refractivity contribution in [3.05, 3.63) is 45.9 Å². The van der Waals surface area contributed by atoms with Gasteiger partial charge >= 0.3 is 6.03 Å². The van der Waals surface area contributed by atoms with Gasteiger partial charge in [-0.3, -0.25) is 19.4 Å². The van der Waals surface area contributed by atoms with E-state index in [2.05, 4.69) is 20.9 Å². The third-order valence-electron chi connectivity index (χ3n) is 7.10. The zero-order chi connectivity index (χ0) is 24.7. The first-order valence-corrected chi connectivity index (χ1v) is 12.5. The summed E-state index contributed by atoms with van der Waals surface area (Å²) in [6, 6.07) is 4.51. The number of hydrogen-bond acceptors (Lipinski definition) is 7. The molecule has 1 aromatic heterocycles. The van der Waals surface area contributed by atoms with E-state index in [9.17, 15) is 19.2 Å². The summed E-state index contributed by atoms with van der Waals surface area (Å²) in [5.41, 5.74) is 1.36. The standard InChI is InChI=1S/C24H27N5O5S/c1-13(14-3-4-14)29(10-16-9-26-12-35-16)20(30)8-18-17-7-15(28-23(33)25-2)5-6-19(17)24(21(18)31)22(32)27-11-34-24/h5-7,9,12-14,18H,3-4,8,10-11H2,1-2H3,(H,27,32)(H2,25,28,33)/t13-,18?,24?/m0/s1. The van der Waals surface area contributed by atoms with Crippen molar-refractivity contribution < 1.29 is 23.9 Å². The van der Waals surface area contributed by atoms with Crippen LogP contribution >= 0.6 is 11.3 Å². The van der Waals surface area contributed by atoms with Gasteiger partial charge in [-0.2, -0.15) is 0 Å². The van der Waals surface area contributed by atoms with E-state index in [4.69, 9.17) is 4.74 Å². The maximum atomic E-state index is 13.7. The minimum absolute atomic E-state index is 0.0295. The molecule has 1 spiro atoms. The number of amides is 4. The molecule has 1 saturated heterocycles. The number of thiazole rings is 1. The molecule has 1 aliphatic heterocycles. The third-order valence-corrected chi connectivity index (χ3v) is 7.86. The highest BCUT2D eigenvalue weighted by Gasteiger charge is 2.61. The Bertz CT molecular complexity index is 1180. The lowest BCUT2D eigenvalue weighted by molar-refractivity contribution is -0.150. The summed E-state index contributed by atoms with van der Waals surface area (Å²) >= 11 is 1.48. The van der Waals surface area contributed by atoms with E-state index >= 15 is 0 Å². The molecule has 10 nitrogen and oxygen atoms in total. The summed E-state index contributed by atoms with van der Waals surface area (Å²) < 4.78 is 5.71. The molecule has 1 aromatic carbocycles. The van der Waals surface area contributed by atoms with Crippen LogP contribution in [0.2, 0.25) is 0 Å². The number of urea groups is 1. The number of ketones is 1. The molecule has 1 saturated carbocycles. The number of fused-ring (bicyclic) bond motifs is 2. The summed E-state index contributed by atoms with van der Waals surface area (Å²) in [7, 11) is 1.50. The molecule has 4 amide bonds. The number of aromatic nitrogens is 1. The highest BCUT2D eigenvalue weighted by Crippen LogP contribution is 2.48. The number of nitrogens with zero attached hydrogens (tertiary/aromatic N) is 2. The highest BCUT2D eigenvalue weighted by molar-refractivity contribution is 7.09. The fourth-order valence-corrected chi connectivity index (χ4v) is 5.61. The lowest BCUT2D eigenvalue weighted by Gasteiger charge is -2.30. The van der Waals surface area contributed by atoms with Gasteiger partial charge in [0, 0.05) is 41.8 Å². The van der Waals surface area contributed by atoms with E-state index in [1.54, 1.807) is 29.9 Å². The maximum absolute atomic E-state index is 13.7. The average Bonchev–Trinajstić information content (AvgIpc) is 3.36. The maximum Gasteiger partial charge on any atom is 0.318 e. The summed E-state index contributed by atoms with van der Waals surface area (Å²) in [5.74, 6) is -1.58. The molecule has 0 radical (unpaired) electrons. The van der Waals surface area contributed by atoms with E-state index in [1.807, 2.05) is 11.8 Å². The quantitative estimate of drug-likeness (QED) is 0.502. The van der Waals surface area contributed by atoms with Crippen LogP contribution in [0.4, 0.5) is 10.5 Å². The van der Waals surface area contributed by atoms with Crippen LogP contribution in [0.25, 0.3) is 0 Å². The number of carbonyl (C=O) groups is 4.